The molecule has 0 saturated carbocycles. The van der Waals surface area contributed by atoms with Crippen LogP contribution in [0.15, 0.2) is 72.8 Å². The molecule has 0 fully saturated rings. The molecule has 4 aromatic rings. The van der Waals surface area contributed by atoms with Gasteiger partial charge in [0, 0.05) is 5.56 Å². The molecular formula is C20H15N3O2. The van der Waals surface area contributed by atoms with E-state index in [4.69, 9.17) is 4.74 Å². The molecule has 3 aromatic carbocycles. The fourth-order valence-electron chi connectivity index (χ4n) is 2.94. The molecule has 4 rings (SSSR count). The van der Waals surface area contributed by atoms with E-state index >= 15 is 0 Å². The number of hydrogen-bond donors (Lipinski definition) is 0. The van der Waals surface area contributed by atoms with Crippen molar-refractivity contribution in [1.82, 2.24) is 15.0 Å². The number of carbonyl (C=O) groups is 1. The van der Waals surface area contributed by atoms with Gasteiger partial charge in [-0.15, -0.1) is 5.10 Å². The van der Waals surface area contributed by atoms with Crippen molar-refractivity contribution in [1.29, 1.82) is 0 Å². The van der Waals surface area contributed by atoms with Gasteiger partial charge < -0.3 is 4.74 Å². The van der Waals surface area contributed by atoms with Gasteiger partial charge in [0.25, 0.3) is 0 Å². The summed E-state index contributed by atoms with van der Waals surface area (Å²) in [7, 11) is 1.34. The molecule has 0 bridgehead atoms. The maximum atomic E-state index is 12.3. The Morgan fingerprint density at radius 3 is 2.44 bits per heavy atom. The fourth-order valence-corrected chi connectivity index (χ4v) is 2.94. The van der Waals surface area contributed by atoms with Crippen LogP contribution >= 0.6 is 0 Å². The van der Waals surface area contributed by atoms with Crippen molar-refractivity contribution < 1.29 is 9.53 Å². The molecule has 0 amide bonds. The Labute approximate surface area is 144 Å². The molecule has 5 nitrogen and oxygen atoms in total. The zero-order valence-corrected chi connectivity index (χ0v) is 13.6. The highest BCUT2D eigenvalue weighted by Crippen LogP contribution is 2.32. The first kappa shape index (κ1) is 15.1. The molecule has 0 aliphatic carbocycles. The average molecular weight is 329 g/mol. The Hall–Kier alpha value is -3.47. The van der Waals surface area contributed by atoms with Crippen LogP contribution in [0, 0.1) is 0 Å². The summed E-state index contributed by atoms with van der Waals surface area (Å²) in [4.78, 5) is 12.3. The van der Waals surface area contributed by atoms with Gasteiger partial charge in [0.2, 0.25) is 0 Å². The summed E-state index contributed by atoms with van der Waals surface area (Å²) in [6.45, 7) is 0. The van der Waals surface area contributed by atoms with Gasteiger partial charge in [-0.2, -0.15) is 0 Å². The number of nitrogens with zero attached hydrogens (tertiary/aromatic N) is 3. The Bertz CT molecular complexity index is 1050. The van der Waals surface area contributed by atoms with E-state index < -0.39 is 5.97 Å². The lowest BCUT2D eigenvalue weighted by atomic mass is 10.0. The van der Waals surface area contributed by atoms with Crippen LogP contribution in [-0.2, 0) is 4.74 Å². The average Bonchev–Trinajstić information content (AvgIpc) is 3.12. The lowest BCUT2D eigenvalue weighted by Gasteiger charge is -2.10. The maximum absolute atomic E-state index is 12.3. The molecule has 1 heterocycles. The van der Waals surface area contributed by atoms with Crippen molar-refractivity contribution in [3.8, 4) is 16.9 Å². The minimum absolute atomic E-state index is 0.197. The van der Waals surface area contributed by atoms with Gasteiger partial charge in [0.15, 0.2) is 5.69 Å². The number of methoxy groups -OCH3 is 1. The normalized spacial score (nSPS) is 10.8. The molecular weight excluding hydrogens is 314 g/mol. The predicted octanol–water partition coefficient (Wildman–Crippen LogP) is 3.87. The first-order valence-electron chi connectivity index (χ1n) is 7.87. The fraction of sp³-hybridized carbons (Fsp3) is 0.0500. The van der Waals surface area contributed by atoms with E-state index in [0.717, 1.165) is 22.0 Å². The molecule has 0 atom stereocenters. The van der Waals surface area contributed by atoms with Crippen LogP contribution in [0.5, 0.6) is 0 Å². The van der Waals surface area contributed by atoms with Gasteiger partial charge in [-0.1, -0.05) is 65.9 Å². The zero-order chi connectivity index (χ0) is 17.2. The van der Waals surface area contributed by atoms with Crippen molar-refractivity contribution in [3.63, 3.8) is 0 Å². The molecule has 0 aliphatic rings. The highest BCUT2D eigenvalue weighted by molar-refractivity contribution is 6.02. The second-order valence-corrected chi connectivity index (χ2v) is 5.55. The number of esters is 1. The van der Waals surface area contributed by atoms with Crippen LogP contribution in [0.25, 0.3) is 27.7 Å². The first-order valence-corrected chi connectivity index (χ1v) is 7.87. The van der Waals surface area contributed by atoms with Gasteiger partial charge in [0.1, 0.15) is 5.69 Å². The van der Waals surface area contributed by atoms with Gasteiger partial charge in [-0.25, -0.2) is 9.48 Å². The number of aromatic nitrogens is 3. The third-order valence-electron chi connectivity index (χ3n) is 4.09. The van der Waals surface area contributed by atoms with Gasteiger partial charge in [-0.05, 0) is 22.9 Å². The second kappa shape index (κ2) is 6.20. The lowest BCUT2D eigenvalue weighted by Crippen LogP contribution is -2.06. The second-order valence-electron chi connectivity index (χ2n) is 5.55. The van der Waals surface area contributed by atoms with E-state index in [2.05, 4.69) is 10.3 Å². The summed E-state index contributed by atoms with van der Waals surface area (Å²) >= 11 is 0. The van der Waals surface area contributed by atoms with Crippen LogP contribution in [-0.4, -0.2) is 28.1 Å². The number of hydrogen-bond acceptors (Lipinski definition) is 4. The Morgan fingerprint density at radius 2 is 1.64 bits per heavy atom. The van der Waals surface area contributed by atoms with Crippen LogP contribution in [0.4, 0.5) is 0 Å². The predicted molar refractivity (Wildman–Crippen MR) is 95.6 cm³/mol. The number of benzene rings is 3. The summed E-state index contributed by atoms with van der Waals surface area (Å²) in [6, 6.07) is 23.6. The standard InChI is InChI=1S/C20H15N3O2/c1-25-20(24)18-19(23(22-21-18)15-10-3-2-4-11-15)17-13-7-9-14-8-5-6-12-16(14)17/h2-13H,1H3. The zero-order valence-electron chi connectivity index (χ0n) is 13.6. The number of para-hydroxylation sites is 1. The summed E-state index contributed by atoms with van der Waals surface area (Å²) in [5.41, 5.74) is 2.53. The molecule has 0 radical (unpaired) electrons. The molecule has 122 valence electrons. The number of ether oxygens (including phenoxy) is 1. The summed E-state index contributed by atoms with van der Waals surface area (Å²) in [5, 5.41) is 10.4. The smallest absolute Gasteiger partial charge is 0.360 e. The molecule has 1 aromatic heterocycles. The lowest BCUT2D eigenvalue weighted by molar-refractivity contribution is 0.0595. The Kier molecular flexibility index (Phi) is 3.74. The van der Waals surface area contributed by atoms with E-state index in [1.54, 1.807) is 4.68 Å². The van der Waals surface area contributed by atoms with E-state index in [-0.39, 0.29) is 5.69 Å². The van der Waals surface area contributed by atoms with Crippen molar-refractivity contribution in [2.45, 2.75) is 0 Å². The van der Waals surface area contributed by atoms with E-state index in [1.165, 1.54) is 7.11 Å². The molecule has 0 unspecified atom stereocenters. The van der Waals surface area contributed by atoms with Crippen molar-refractivity contribution >= 4 is 16.7 Å². The van der Waals surface area contributed by atoms with Crippen LogP contribution < -0.4 is 0 Å². The number of rotatable bonds is 3. The van der Waals surface area contributed by atoms with Gasteiger partial charge in [0.05, 0.1) is 12.8 Å². The maximum Gasteiger partial charge on any atom is 0.360 e. The summed E-state index contributed by atoms with van der Waals surface area (Å²) in [6.07, 6.45) is 0. The topological polar surface area (TPSA) is 57.0 Å². The van der Waals surface area contributed by atoms with Crippen LogP contribution in [0.3, 0.4) is 0 Å². The van der Waals surface area contributed by atoms with Crippen LogP contribution in [0.2, 0.25) is 0 Å². The summed E-state index contributed by atoms with van der Waals surface area (Å²) in [5.74, 6) is -0.509. The molecule has 0 N–H and O–H groups in total. The van der Waals surface area contributed by atoms with E-state index in [1.807, 2.05) is 72.8 Å². The third-order valence-corrected chi connectivity index (χ3v) is 4.09. The molecule has 5 heteroatoms. The molecule has 25 heavy (non-hydrogen) atoms. The first-order chi connectivity index (χ1) is 12.3. The molecule has 0 aliphatic heterocycles. The Balaban J connectivity index is 2.05. The quantitative estimate of drug-likeness (QED) is 0.535. The summed E-state index contributed by atoms with van der Waals surface area (Å²) < 4.78 is 6.58. The monoisotopic (exact) mass is 329 g/mol. The van der Waals surface area contributed by atoms with Crippen molar-refractivity contribution in [2.24, 2.45) is 0 Å². The van der Waals surface area contributed by atoms with E-state index in [9.17, 15) is 4.79 Å². The van der Waals surface area contributed by atoms with Crippen molar-refractivity contribution in [3.05, 3.63) is 78.5 Å². The Morgan fingerprint density at radius 1 is 0.920 bits per heavy atom. The highest BCUT2D eigenvalue weighted by Gasteiger charge is 2.23. The van der Waals surface area contributed by atoms with Gasteiger partial charge in [-0.3, -0.25) is 0 Å². The minimum Gasteiger partial charge on any atom is -0.464 e. The van der Waals surface area contributed by atoms with E-state index in [0.29, 0.717) is 5.69 Å². The SMILES string of the molecule is COC(=O)c1nnn(-c2ccccc2)c1-c1cccc2ccccc12. The third kappa shape index (κ3) is 2.55. The number of carbonyl (C=O) groups excluding carboxylic acids is 1. The molecule has 0 spiro atoms. The minimum atomic E-state index is -0.509. The van der Waals surface area contributed by atoms with Gasteiger partial charge >= 0.3 is 5.97 Å². The highest BCUT2D eigenvalue weighted by atomic mass is 16.5. The van der Waals surface area contributed by atoms with Crippen LogP contribution in [0.1, 0.15) is 10.5 Å². The number of fused-ring (bicyclic) bond motifs is 1. The molecule has 0 saturated heterocycles. The largest absolute Gasteiger partial charge is 0.464 e. The van der Waals surface area contributed by atoms with Crippen molar-refractivity contribution in [2.75, 3.05) is 7.11 Å².